The van der Waals surface area contributed by atoms with Crippen LogP contribution in [0.25, 0.3) is 0 Å². The van der Waals surface area contributed by atoms with Gasteiger partial charge in [0.2, 0.25) is 5.78 Å². The van der Waals surface area contributed by atoms with Crippen LogP contribution < -0.4 is 0 Å². The Balaban J connectivity index is 1.68. The van der Waals surface area contributed by atoms with Crippen LogP contribution in [0.5, 0.6) is 0 Å². The van der Waals surface area contributed by atoms with Crippen molar-refractivity contribution in [2.45, 2.75) is 78.3 Å². The van der Waals surface area contributed by atoms with Crippen LogP contribution in [0.3, 0.4) is 0 Å². The average Bonchev–Trinajstić information content (AvgIpc) is 3.41. The molecular formula is C38H42O9. The molecule has 8 atom stereocenters. The molecule has 248 valence electrons. The quantitative estimate of drug-likeness (QED) is 0.210. The molecule has 0 amide bonds. The zero-order valence-corrected chi connectivity index (χ0v) is 27.7. The fraction of sp³-hybridized carbons (Fsp3) is 0.447. The molecule has 0 spiro atoms. The van der Waals surface area contributed by atoms with Crippen molar-refractivity contribution in [2.24, 2.45) is 29.1 Å². The van der Waals surface area contributed by atoms with Crippen molar-refractivity contribution in [3.63, 3.8) is 0 Å². The molecule has 0 heterocycles. The van der Waals surface area contributed by atoms with Crippen molar-refractivity contribution in [2.75, 3.05) is 0 Å². The first kappa shape index (κ1) is 33.8. The lowest BCUT2D eigenvalue weighted by Gasteiger charge is -2.40. The number of ether oxygens (including phenoxy) is 4. The highest BCUT2D eigenvalue weighted by Gasteiger charge is 2.66. The molecule has 2 aromatic rings. The van der Waals surface area contributed by atoms with Crippen molar-refractivity contribution >= 4 is 29.7 Å². The zero-order valence-electron chi connectivity index (χ0n) is 27.7. The van der Waals surface area contributed by atoms with Crippen molar-refractivity contribution in [1.29, 1.82) is 0 Å². The van der Waals surface area contributed by atoms with Gasteiger partial charge in [-0.25, -0.2) is 9.59 Å². The lowest BCUT2D eigenvalue weighted by molar-refractivity contribution is -0.179. The first-order valence-electron chi connectivity index (χ1n) is 16.0. The minimum Gasteiger partial charge on any atom is -0.458 e. The third-order valence-electron chi connectivity index (χ3n) is 10.1. The molecule has 5 rings (SSSR count). The number of allylic oxidation sites excluding steroid dienone is 1. The summed E-state index contributed by atoms with van der Waals surface area (Å²) in [6, 6.07) is 16.9. The molecule has 47 heavy (non-hydrogen) atoms. The van der Waals surface area contributed by atoms with Crippen LogP contribution in [0.2, 0.25) is 0 Å². The maximum atomic E-state index is 14.7. The molecule has 0 aromatic heterocycles. The lowest BCUT2D eigenvalue weighted by Crippen LogP contribution is -2.55. The summed E-state index contributed by atoms with van der Waals surface area (Å²) in [5.41, 5.74) is -0.942. The highest BCUT2D eigenvalue weighted by molar-refractivity contribution is 6.03. The first-order chi connectivity index (χ1) is 22.2. The Labute approximate surface area is 275 Å². The number of carbonyl (C=O) groups is 5. The van der Waals surface area contributed by atoms with Crippen LogP contribution in [0.4, 0.5) is 0 Å². The van der Waals surface area contributed by atoms with Crippen molar-refractivity contribution in [3.05, 3.63) is 95.6 Å². The SMILES string of the molecule is C=C1[C@@H](OC(=O)c2ccccc2)C[C@H]2[C@@H](/C=C(\C)C(=O)[C@@]3(OC(C)=O)C[C@H](C)[C@H](OC(=O)c4ccccc4)[C@@H]3[C@H]1OC(C)=O)C2(C)C. The number of benzene rings is 2. The monoisotopic (exact) mass is 642 g/mol. The summed E-state index contributed by atoms with van der Waals surface area (Å²) in [6.07, 6.45) is -1.13. The maximum absolute atomic E-state index is 14.7. The molecular weight excluding hydrogens is 600 g/mol. The molecule has 3 aliphatic rings. The van der Waals surface area contributed by atoms with Crippen LogP contribution >= 0.6 is 0 Å². The predicted molar refractivity (Wildman–Crippen MR) is 172 cm³/mol. The molecule has 0 unspecified atom stereocenters. The van der Waals surface area contributed by atoms with E-state index in [0.717, 1.165) is 0 Å². The standard InChI is InChI=1S/C38H42O9/c1-21-18-28-29(37(28,6)7)19-30(45-35(42)26-14-10-8-11-15-26)23(3)33(44-24(4)39)31-32(46-36(43)27-16-12-9-13-17-27)22(2)20-38(31,34(21)41)47-25(5)40/h8-18,22,28-33H,3,19-20H2,1-2,4-7H3/b21-18+/t22-,28+,29-,30-,31+,32-,33-,38+/m0/s1. The number of carbonyl (C=O) groups excluding carboxylic acids is 5. The van der Waals surface area contributed by atoms with Gasteiger partial charge in [-0.3, -0.25) is 14.4 Å². The van der Waals surface area contributed by atoms with E-state index in [0.29, 0.717) is 17.6 Å². The van der Waals surface area contributed by atoms with Gasteiger partial charge >= 0.3 is 23.9 Å². The van der Waals surface area contributed by atoms with Gasteiger partial charge in [-0.1, -0.05) is 69.8 Å². The normalized spacial score (nSPS) is 32.3. The van der Waals surface area contributed by atoms with Gasteiger partial charge < -0.3 is 18.9 Å². The Morgan fingerprint density at radius 2 is 1.38 bits per heavy atom. The highest BCUT2D eigenvalue weighted by atomic mass is 16.6. The summed E-state index contributed by atoms with van der Waals surface area (Å²) in [6.45, 7) is 14.4. The van der Waals surface area contributed by atoms with Gasteiger partial charge in [0.1, 0.15) is 18.3 Å². The Bertz CT molecular complexity index is 1610. The number of fused-ring (bicyclic) bond motifs is 2. The van der Waals surface area contributed by atoms with E-state index in [1.807, 2.05) is 6.08 Å². The van der Waals surface area contributed by atoms with Gasteiger partial charge in [-0.2, -0.15) is 0 Å². The molecule has 2 aromatic carbocycles. The van der Waals surface area contributed by atoms with Crippen LogP contribution in [0, 0.1) is 29.1 Å². The molecule has 0 bridgehead atoms. The van der Waals surface area contributed by atoms with Gasteiger partial charge in [0, 0.05) is 25.8 Å². The Kier molecular flexibility index (Phi) is 9.31. The second-order valence-electron chi connectivity index (χ2n) is 13.7. The number of ketones is 1. The third kappa shape index (κ3) is 6.53. The summed E-state index contributed by atoms with van der Waals surface area (Å²) >= 11 is 0. The largest absolute Gasteiger partial charge is 0.458 e. The fourth-order valence-corrected chi connectivity index (χ4v) is 7.64. The molecule has 0 aliphatic heterocycles. The third-order valence-corrected chi connectivity index (χ3v) is 10.1. The highest BCUT2D eigenvalue weighted by Crippen LogP contribution is 2.63. The molecule has 9 nitrogen and oxygen atoms in total. The van der Waals surface area contributed by atoms with Gasteiger partial charge in [0.25, 0.3) is 0 Å². The summed E-state index contributed by atoms with van der Waals surface area (Å²) < 4.78 is 24.3. The minimum atomic E-state index is -1.89. The van der Waals surface area contributed by atoms with Crippen LogP contribution in [0.1, 0.15) is 75.1 Å². The lowest BCUT2D eigenvalue weighted by atomic mass is 9.76. The second-order valence-corrected chi connectivity index (χ2v) is 13.7. The minimum absolute atomic E-state index is 0.00893. The fourth-order valence-electron chi connectivity index (χ4n) is 7.64. The second kappa shape index (κ2) is 12.9. The number of hydrogen-bond donors (Lipinski definition) is 0. The predicted octanol–water partition coefficient (Wildman–Crippen LogP) is 6.07. The van der Waals surface area contributed by atoms with Gasteiger partial charge in [-0.05, 0) is 66.4 Å². The average molecular weight is 643 g/mol. The summed E-state index contributed by atoms with van der Waals surface area (Å²) in [5, 5.41) is 0. The van der Waals surface area contributed by atoms with Gasteiger partial charge in [-0.15, -0.1) is 0 Å². The van der Waals surface area contributed by atoms with Crippen molar-refractivity contribution in [1.82, 2.24) is 0 Å². The maximum Gasteiger partial charge on any atom is 0.338 e. The van der Waals surface area contributed by atoms with Crippen LogP contribution in [0.15, 0.2) is 84.5 Å². The molecule has 9 heteroatoms. The number of rotatable bonds is 6. The van der Waals surface area contributed by atoms with E-state index in [9.17, 15) is 24.0 Å². The molecule has 2 fully saturated rings. The molecule has 0 radical (unpaired) electrons. The van der Waals surface area contributed by atoms with Crippen molar-refractivity contribution < 1.29 is 42.9 Å². The summed E-state index contributed by atoms with van der Waals surface area (Å²) in [4.78, 5) is 67.3. The van der Waals surface area contributed by atoms with Crippen molar-refractivity contribution in [3.8, 4) is 0 Å². The Morgan fingerprint density at radius 3 is 1.91 bits per heavy atom. The van der Waals surface area contributed by atoms with E-state index in [1.54, 1.807) is 74.5 Å². The Hall–Kier alpha value is -4.53. The van der Waals surface area contributed by atoms with E-state index in [4.69, 9.17) is 18.9 Å². The van der Waals surface area contributed by atoms with Crippen LogP contribution in [-0.4, -0.2) is 53.6 Å². The molecule has 2 saturated carbocycles. The van der Waals surface area contributed by atoms with E-state index < -0.39 is 65.4 Å². The molecule has 3 aliphatic carbocycles. The number of esters is 4. The Morgan fingerprint density at radius 1 is 0.830 bits per heavy atom. The van der Waals surface area contributed by atoms with Gasteiger partial charge in [0.15, 0.2) is 5.60 Å². The van der Waals surface area contributed by atoms with E-state index in [2.05, 4.69) is 20.4 Å². The smallest absolute Gasteiger partial charge is 0.338 e. The van der Waals surface area contributed by atoms with Crippen LogP contribution in [-0.2, 0) is 33.3 Å². The van der Waals surface area contributed by atoms with E-state index >= 15 is 0 Å². The number of hydrogen-bond acceptors (Lipinski definition) is 9. The summed E-state index contributed by atoms with van der Waals surface area (Å²) in [5.74, 6) is -4.93. The topological polar surface area (TPSA) is 122 Å². The van der Waals surface area contributed by atoms with Gasteiger partial charge in [0.05, 0.1) is 17.0 Å². The number of Topliss-reactive ketones (excluding diaryl/α,β-unsaturated/α-hetero) is 1. The molecule has 0 N–H and O–H groups in total. The van der Waals surface area contributed by atoms with E-state index in [1.165, 1.54) is 13.8 Å². The zero-order chi connectivity index (χ0) is 34.3. The molecule has 0 saturated heterocycles. The van der Waals surface area contributed by atoms with E-state index in [-0.39, 0.29) is 34.8 Å². The first-order valence-corrected chi connectivity index (χ1v) is 16.0. The summed E-state index contributed by atoms with van der Waals surface area (Å²) in [7, 11) is 0.